The molecule has 0 amide bonds. The molecule has 1 aromatic rings. The van der Waals surface area contributed by atoms with Crippen molar-refractivity contribution in [3.8, 4) is 0 Å². The molecule has 0 bridgehead atoms. The Labute approximate surface area is 224 Å². The van der Waals surface area contributed by atoms with E-state index in [0.717, 1.165) is 51.4 Å². The Morgan fingerprint density at radius 3 is 2.26 bits per heavy atom. The van der Waals surface area contributed by atoms with Gasteiger partial charge in [-0.1, -0.05) is 49.6 Å². The molecule has 0 spiro atoms. The second kappa shape index (κ2) is 10.3. The van der Waals surface area contributed by atoms with E-state index in [1.165, 1.54) is 30.8 Å². The summed E-state index contributed by atoms with van der Waals surface area (Å²) in [5, 5.41) is 0. The molecule has 2 fully saturated rings. The van der Waals surface area contributed by atoms with Crippen LogP contribution in [0.5, 0.6) is 0 Å². The number of hydrogen-bond donors (Lipinski definition) is 0. The second-order valence-corrected chi connectivity index (χ2v) is 17.4. The van der Waals surface area contributed by atoms with Gasteiger partial charge in [-0.15, -0.1) is 6.58 Å². The van der Waals surface area contributed by atoms with E-state index in [1.807, 2.05) is 0 Å². The maximum atomic E-state index is 13.9. The molecule has 214 valence electrons. The fourth-order valence-corrected chi connectivity index (χ4v) is 9.82. The normalized spacial score (nSPS) is 29.9. The van der Waals surface area contributed by atoms with Gasteiger partial charge < -0.3 is 4.43 Å². The van der Waals surface area contributed by atoms with Crippen molar-refractivity contribution >= 4 is 8.32 Å². The van der Waals surface area contributed by atoms with Crippen LogP contribution in [-0.2, 0) is 10.8 Å². The molecule has 4 atom stereocenters. The Bertz CT molecular complexity index is 982. The van der Waals surface area contributed by atoms with E-state index < -0.39 is 32.7 Å². The summed E-state index contributed by atoms with van der Waals surface area (Å²) in [7, 11) is -3.13. The lowest BCUT2D eigenvalue weighted by Gasteiger charge is -2.58. The highest BCUT2D eigenvalue weighted by molar-refractivity contribution is 6.69. The van der Waals surface area contributed by atoms with Crippen LogP contribution in [0.15, 0.2) is 36.9 Å². The number of alkyl halides is 6. The first-order valence-electron chi connectivity index (χ1n) is 14.2. The third-order valence-electron chi connectivity index (χ3n) is 9.87. The Hall–Kier alpha value is -1.28. The van der Waals surface area contributed by atoms with Crippen molar-refractivity contribution in [2.75, 3.05) is 0 Å². The lowest BCUT2D eigenvalue weighted by atomic mass is 9.46. The van der Waals surface area contributed by atoms with Crippen molar-refractivity contribution in [2.45, 2.75) is 121 Å². The minimum Gasteiger partial charge on any atom is -0.397 e. The summed E-state index contributed by atoms with van der Waals surface area (Å²) < 4.78 is 88.2. The zero-order chi connectivity index (χ0) is 28.0. The van der Waals surface area contributed by atoms with E-state index in [-0.39, 0.29) is 17.3 Å². The average Bonchev–Trinajstić information content (AvgIpc) is 3.25. The number of halogens is 6. The van der Waals surface area contributed by atoms with Gasteiger partial charge in [-0.3, -0.25) is 0 Å². The average molecular weight is 561 g/mol. The molecule has 0 aliphatic heterocycles. The summed E-state index contributed by atoms with van der Waals surface area (Å²) in [5.74, 6) is 0.915. The third kappa shape index (κ3) is 5.13. The molecule has 0 saturated heterocycles. The van der Waals surface area contributed by atoms with E-state index in [4.69, 9.17) is 4.43 Å². The Balaban J connectivity index is 1.46. The van der Waals surface area contributed by atoms with Gasteiger partial charge in [0, 0.05) is 0 Å². The van der Waals surface area contributed by atoms with Crippen molar-refractivity contribution < 1.29 is 30.8 Å². The summed E-state index contributed by atoms with van der Waals surface area (Å²) in [4.78, 5) is 0. The van der Waals surface area contributed by atoms with Crippen molar-refractivity contribution in [1.29, 1.82) is 0 Å². The minimum atomic E-state index is -5.51. The van der Waals surface area contributed by atoms with Crippen molar-refractivity contribution in [1.82, 2.24) is 0 Å². The Morgan fingerprint density at radius 1 is 0.947 bits per heavy atom. The highest BCUT2D eigenvalue weighted by atomic mass is 28.4. The van der Waals surface area contributed by atoms with E-state index in [0.29, 0.717) is 24.7 Å². The smallest absolute Gasteiger partial charge is 0.397 e. The number of benzene rings is 1. The van der Waals surface area contributed by atoms with Crippen LogP contribution < -0.4 is 0 Å². The van der Waals surface area contributed by atoms with Crippen LogP contribution >= 0.6 is 0 Å². The maximum Gasteiger partial charge on any atom is 0.425 e. The summed E-state index contributed by atoms with van der Waals surface area (Å²) in [5.41, 5.74) is -1.08. The predicted molar refractivity (Wildman–Crippen MR) is 141 cm³/mol. The molecule has 1 nitrogen and oxygen atoms in total. The van der Waals surface area contributed by atoms with Gasteiger partial charge in [0.2, 0.25) is 5.60 Å². The van der Waals surface area contributed by atoms with Gasteiger partial charge in [0.1, 0.15) is 0 Å². The Kier molecular flexibility index (Phi) is 8.03. The maximum absolute atomic E-state index is 13.9. The topological polar surface area (TPSA) is 9.23 Å². The lowest BCUT2D eigenvalue weighted by Crippen LogP contribution is -2.62. The first-order valence-corrected chi connectivity index (χ1v) is 17.6. The lowest BCUT2D eigenvalue weighted by molar-refractivity contribution is -0.362. The zero-order valence-electron chi connectivity index (χ0n) is 22.9. The predicted octanol–water partition coefficient (Wildman–Crippen LogP) is 10.1. The van der Waals surface area contributed by atoms with Crippen LogP contribution in [0, 0.1) is 16.7 Å². The van der Waals surface area contributed by atoms with Gasteiger partial charge in [-0.25, -0.2) is 0 Å². The van der Waals surface area contributed by atoms with Crippen LogP contribution in [0.4, 0.5) is 26.3 Å². The van der Waals surface area contributed by atoms with Gasteiger partial charge in [0.25, 0.3) is 0 Å². The molecule has 38 heavy (non-hydrogen) atoms. The molecule has 1 aromatic carbocycles. The molecule has 3 aliphatic rings. The second-order valence-electron chi connectivity index (χ2n) is 13.0. The number of rotatable bonds is 9. The van der Waals surface area contributed by atoms with Crippen LogP contribution in [0.2, 0.25) is 19.6 Å². The molecule has 0 heterocycles. The summed E-state index contributed by atoms with van der Waals surface area (Å²) in [6, 6.07) is 8.70. The summed E-state index contributed by atoms with van der Waals surface area (Å²) >= 11 is 0. The standard InChI is InChI=1S/C30H42F6OSi/c1-5-27-21-15-22-12-7-8-13-23(22)24(27)16-20-26(18-11-14-25(26)27)17-9-6-10-19-28(29(31,32)33,30(34,35)36)37-38(2,3)4/h5,7-8,12-13,24-25H,1,6,9-11,14-21H2,2-4H3/t24-,25-,26-,27-/m1/s1. The SMILES string of the molecule is C=C[C@@]12CCc3ccccc3[C@H]1CC[C@@]1(CCCCCC(O[Si](C)(C)C)(C(F)(F)F)C(F)(F)F)CCC[C@H]12. The third-order valence-corrected chi connectivity index (χ3v) is 10.8. The summed E-state index contributed by atoms with van der Waals surface area (Å²) in [6.45, 7) is 8.42. The van der Waals surface area contributed by atoms with Gasteiger partial charge >= 0.3 is 12.4 Å². The number of hydrogen-bond acceptors (Lipinski definition) is 1. The van der Waals surface area contributed by atoms with Crippen LogP contribution in [0.3, 0.4) is 0 Å². The van der Waals surface area contributed by atoms with Crippen LogP contribution in [0.25, 0.3) is 0 Å². The van der Waals surface area contributed by atoms with Crippen LogP contribution in [-0.4, -0.2) is 26.3 Å². The van der Waals surface area contributed by atoms with Gasteiger partial charge in [0.15, 0.2) is 8.32 Å². The van der Waals surface area contributed by atoms with Gasteiger partial charge in [0.05, 0.1) is 0 Å². The molecule has 2 saturated carbocycles. The Morgan fingerprint density at radius 2 is 1.63 bits per heavy atom. The van der Waals surface area contributed by atoms with Crippen molar-refractivity contribution in [3.63, 3.8) is 0 Å². The number of allylic oxidation sites excluding steroid dienone is 1. The van der Waals surface area contributed by atoms with E-state index in [1.54, 1.807) is 0 Å². The summed E-state index contributed by atoms with van der Waals surface area (Å²) in [6.07, 6.45) is -0.628. The van der Waals surface area contributed by atoms with E-state index in [9.17, 15) is 26.3 Å². The minimum absolute atomic E-state index is 0.0238. The largest absolute Gasteiger partial charge is 0.425 e. The monoisotopic (exact) mass is 560 g/mol. The molecule has 8 heteroatoms. The molecule has 4 rings (SSSR count). The molecule has 0 radical (unpaired) electrons. The van der Waals surface area contributed by atoms with Crippen molar-refractivity contribution in [3.05, 3.63) is 48.0 Å². The van der Waals surface area contributed by atoms with Crippen molar-refractivity contribution in [2.24, 2.45) is 16.7 Å². The molecular weight excluding hydrogens is 518 g/mol. The van der Waals surface area contributed by atoms with Crippen LogP contribution in [0.1, 0.15) is 87.7 Å². The fourth-order valence-electron chi connectivity index (χ4n) is 8.44. The first-order chi connectivity index (χ1) is 17.6. The van der Waals surface area contributed by atoms with Gasteiger partial charge in [-0.05, 0) is 111 Å². The molecular formula is C30H42F6OSi. The zero-order valence-corrected chi connectivity index (χ0v) is 23.9. The first kappa shape index (κ1) is 29.7. The fraction of sp³-hybridized carbons (Fsp3) is 0.733. The molecule has 0 unspecified atom stereocenters. The molecule has 0 N–H and O–H groups in total. The highest BCUT2D eigenvalue weighted by Crippen LogP contribution is 2.68. The number of unbranched alkanes of at least 4 members (excludes halogenated alkanes) is 2. The van der Waals surface area contributed by atoms with E-state index in [2.05, 4.69) is 36.9 Å². The number of aryl methyl sites for hydroxylation is 1. The molecule has 0 aromatic heterocycles. The van der Waals surface area contributed by atoms with Gasteiger partial charge in [-0.2, -0.15) is 26.3 Å². The van der Waals surface area contributed by atoms with E-state index >= 15 is 0 Å². The quantitative estimate of drug-likeness (QED) is 0.126. The number of fused-ring (bicyclic) bond motifs is 5. The highest BCUT2D eigenvalue weighted by Gasteiger charge is 2.72. The molecule has 3 aliphatic carbocycles.